The minimum Gasteiger partial charge on any atom is -0.496 e. The van der Waals surface area contributed by atoms with E-state index in [1.54, 1.807) is 14.2 Å². The van der Waals surface area contributed by atoms with Crippen molar-refractivity contribution in [2.45, 2.75) is 13.8 Å². The van der Waals surface area contributed by atoms with Gasteiger partial charge in [0.25, 0.3) is 0 Å². The molecule has 0 aromatic heterocycles. The van der Waals surface area contributed by atoms with Gasteiger partial charge in [-0.25, -0.2) is 0 Å². The zero-order chi connectivity index (χ0) is 37.0. The summed E-state index contributed by atoms with van der Waals surface area (Å²) in [5.74, 6) is 1.62. The molecule has 0 aliphatic rings. The molecule has 0 saturated carbocycles. The summed E-state index contributed by atoms with van der Waals surface area (Å²) in [6.45, 7) is 4.22. The highest BCUT2D eigenvalue weighted by Gasteiger charge is 2.32. The summed E-state index contributed by atoms with van der Waals surface area (Å²) in [6, 6.07) is 49.5. The second-order valence-corrected chi connectivity index (χ2v) is 15.1. The van der Waals surface area contributed by atoms with E-state index in [2.05, 4.69) is 94.2 Å². The van der Waals surface area contributed by atoms with Crippen molar-refractivity contribution < 1.29 is 23.1 Å². The largest absolute Gasteiger partial charge is 0.496 e. The molecule has 0 bridgehead atoms. The van der Waals surface area contributed by atoms with Crippen molar-refractivity contribution in [3.05, 3.63) is 146 Å². The Kier molecular flexibility index (Phi) is 10.9. The highest BCUT2D eigenvalue weighted by molar-refractivity contribution is 7.62. The molecule has 1 unspecified atom stereocenters. The molecule has 1 atom stereocenters. The van der Waals surface area contributed by atoms with Crippen molar-refractivity contribution in [1.82, 2.24) is 0 Å². The molecule has 8 aromatic carbocycles. The topological polar surface area (TPSA) is 54.0 Å². The molecule has 0 fully saturated rings. The second kappa shape index (κ2) is 15.9. The van der Waals surface area contributed by atoms with Crippen LogP contribution in [0.25, 0.3) is 65.3 Å². The molecule has 0 N–H and O–H groups in total. The lowest BCUT2D eigenvalue weighted by molar-refractivity contribution is 0.230. The average Bonchev–Trinajstić information content (AvgIpc) is 3.20. The lowest BCUT2D eigenvalue weighted by Crippen LogP contribution is -2.14. The van der Waals surface area contributed by atoms with Crippen LogP contribution in [-0.4, -0.2) is 27.4 Å². The third-order valence-electron chi connectivity index (χ3n) is 9.48. The van der Waals surface area contributed by atoms with Gasteiger partial charge in [-0.2, -0.15) is 0 Å². The Bertz CT molecular complexity index is 2620. The molecule has 0 radical (unpaired) electrons. The summed E-state index contributed by atoms with van der Waals surface area (Å²) < 4.78 is 36.9. The van der Waals surface area contributed by atoms with Crippen LogP contribution in [0.2, 0.25) is 0 Å². The van der Waals surface area contributed by atoms with Crippen LogP contribution in [0, 0.1) is 0 Å². The number of benzene rings is 8. The lowest BCUT2D eigenvalue weighted by Gasteiger charge is -2.23. The number of ether oxygens (including phenoxy) is 2. The maximum atomic E-state index is 13.9. The summed E-state index contributed by atoms with van der Waals surface area (Å²) >= 11 is 0. The fourth-order valence-corrected chi connectivity index (χ4v) is 9.39. The third-order valence-corrected chi connectivity index (χ3v) is 12.1. The zero-order valence-corrected chi connectivity index (χ0v) is 32.4. The molecule has 5 nitrogen and oxygen atoms in total. The van der Waals surface area contributed by atoms with E-state index >= 15 is 0 Å². The highest BCUT2D eigenvalue weighted by Crippen LogP contribution is 2.52. The fourth-order valence-electron chi connectivity index (χ4n) is 7.19. The number of rotatable bonds is 9. The van der Waals surface area contributed by atoms with E-state index in [1.807, 2.05) is 74.5 Å². The molecule has 53 heavy (non-hydrogen) atoms. The average molecular weight is 737 g/mol. The molecule has 0 aliphatic heterocycles. The first-order valence-corrected chi connectivity index (χ1v) is 19.8. The Morgan fingerprint density at radius 1 is 0.453 bits per heavy atom. The standard InChI is InChI=1S/C25H25O4P.C21H17OP/c1-4-28-30(26,29-5-2)23-17-15-19-11-7-9-13-21(19)25(23)24-20-12-8-6-10-18(20)14-16-22(24)27-3;1-22-18-12-10-14-6-2-4-8-16(14)20(18)21-17-9-5-3-7-15(17)11-13-19(21)23/h6-17H,4-5H2,1-3H3;2-13H,23H2,1H3. The summed E-state index contributed by atoms with van der Waals surface area (Å²) in [5, 5.41) is 10.8. The Labute approximate surface area is 313 Å². The Morgan fingerprint density at radius 3 is 1.25 bits per heavy atom. The maximum absolute atomic E-state index is 13.9. The Balaban J connectivity index is 0.000000170. The molecule has 0 spiro atoms. The van der Waals surface area contributed by atoms with Gasteiger partial charge in [0.2, 0.25) is 0 Å². The van der Waals surface area contributed by atoms with E-state index in [-0.39, 0.29) is 13.2 Å². The fraction of sp³-hybridized carbons (Fsp3) is 0.130. The first-order valence-electron chi connectivity index (χ1n) is 17.7. The van der Waals surface area contributed by atoms with Crippen LogP contribution in [0.4, 0.5) is 0 Å². The van der Waals surface area contributed by atoms with Crippen molar-refractivity contribution in [2.75, 3.05) is 27.4 Å². The molecule has 0 amide bonds. The Hall–Kier alpha value is -5.02. The predicted octanol–water partition coefficient (Wildman–Crippen LogP) is 11.7. The van der Waals surface area contributed by atoms with Crippen LogP contribution in [-0.2, 0) is 13.6 Å². The van der Waals surface area contributed by atoms with Gasteiger partial charge >= 0.3 is 7.60 Å². The van der Waals surface area contributed by atoms with E-state index in [4.69, 9.17) is 18.5 Å². The molecule has 0 heterocycles. The van der Waals surface area contributed by atoms with Gasteiger partial charge < -0.3 is 18.5 Å². The van der Waals surface area contributed by atoms with Gasteiger partial charge in [-0.15, -0.1) is 9.24 Å². The smallest absolute Gasteiger partial charge is 0.361 e. The first kappa shape index (κ1) is 36.3. The van der Waals surface area contributed by atoms with E-state index in [9.17, 15) is 4.57 Å². The molecule has 8 aromatic rings. The van der Waals surface area contributed by atoms with Crippen molar-refractivity contribution in [3.8, 4) is 33.8 Å². The normalized spacial score (nSPS) is 11.5. The third kappa shape index (κ3) is 6.95. The number of hydrogen-bond donors (Lipinski definition) is 0. The van der Waals surface area contributed by atoms with E-state index in [0.717, 1.165) is 44.0 Å². The zero-order valence-electron chi connectivity index (χ0n) is 30.3. The number of hydrogen-bond acceptors (Lipinski definition) is 5. The summed E-state index contributed by atoms with van der Waals surface area (Å²) in [6.07, 6.45) is 0. The molecule has 8 rings (SSSR count). The van der Waals surface area contributed by atoms with Crippen molar-refractivity contribution >= 4 is 70.5 Å². The second-order valence-electron chi connectivity index (χ2n) is 12.5. The quantitative estimate of drug-likeness (QED) is 0.138. The van der Waals surface area contributed by atoms with Gasteiger partial charge in [0.15, 0.2) is 0 Å². The molecule has 7 heteroatoms. The minimum atomic E-state index is -3.54. The number of fused-ring (bicyclic) bond motifs is 4. The maximum Gasteiger partial charge on any atom is 0.361 e. The SMILES string of the molecule is CCOP(=O)(OCC)c1ccc2ccccc2c1-c1c(OC)ccc2ccccc12.COc1ccc2ccccc2c1-c1c(P)ccc2ccccc12. The molecular weight excluding hydrogens is 694 g/mol. The van der Waals surface area contributed by atoms with Crippen molar-refractivity contribution in [3.63, 3.8) is 0 Å². The lowest BCUT2D eigenvalue weighted by atomic mass is 9.93. The van der Waals surface area contributed by atoms with Crippen LogP contribution in [0.3, 0.4) is 0 Å². The summed E-state index contributed by atoms with van der Waals surface area (Å²) in [5.41, 5.74) is 4.10. The van der Waals surface area contributed by atoms with Crippen LogP contribution in [0.15, 0.2) is 146 Å². The first-order chi connectivity index (χ1) is 25.9. The van der Waals surface area contributed by atoms with Crippen molar-refractivity contribution in [1.29, 1.82) is 0 Å². The molecular formula is C46H42O5P2. The predicted molar refractivity (Wildman–Crippen MR) is 227 cm³/mol. The van der Waals surface area contributed by atoms with E-state index in [1.165, 1.54) is 32.4 Å². The van der Waals surface area contributed by atoms with E-state index in [0.29, 0.717) is 11.1 Å². The number of methoxy groups -OCH3 is 2. The monoisotopic (exact) mass is 736 g/mol. The van der Waals surface area contributed by atoms with Gasteiger partial charge in [0.05, 0.1) is 32.7 Å². The summed E-state index contributed by atoms with van der Waals surface area (Å²) in [7, 11) is 2.72. The minimum absolute atomic E-state index is 0.288. The van der Waals surface area contributed by atoms with Crippen LogP contribution in [0.5, 0.6) is 11.5 Å². The molecule has 266 valence electrons. The van der Waals surface area contributed by atoms with Gasteiger partial charge in [-0.05, 0) is 80.4 Å². The highest BCUT2D eigenvalue weighted by atomic mass is 31.2. The van der Waals surface area contributed by atoms with Gasteiger partial charge in [-0.3, -0.25) is 4.57 Å². The summed E-state index contributed by atoms with van der Waals surface area (Å²) in [4.78, 5) is 0. The molecule has 0 aliphatic carbocycles. The van der Waals surface area contributed by atoms with Crippen LogP contribution < -0.4 is 20.1 Å². The van der Waals surface area contributed by atoms with Crippen molar-refractivity contribution in [2.24, 2.45) is 0 Å². The van der Waals surface area contributed by atoms with Crippen LogP contribution >= 0.6 is 16.8 Å². The van der Waals surface area contributed by atoms with E-state index < -0.39 is 7.60 Å². The molecule has 0 saturated heterocycles. The van der Waals surface area contributed by atoms with Gasteiger partial charge in [0.1, 0.15) is 11.5 Å². The van der Waals surface area contributed by atoms with Crippen LogP contribution in [0.1, 0.15) is 13.8 Å². The van der Waals surface area contributed by atoms with Gasteiger partial charge in [-0.1, -0.05) is 127 Å². The van der Waals surface area contributed by atoms with Gasteiger partial charge in [0, 0.05) is 22.3 Å². The Morgan fingerprint density at radius 2 is 0.811 bits per heavy atom.